The molecule has 0 aliphatic carbocycles. The maximum Gasteiger partial charge on any atom is 0.261 e. The van der Waals surface area contributed by atoms with E-state index in [1.807, 2.05) is 24.3 Å². The molecule has 0 aliphatic rings. The number of hydrogen-bond donors (Lipinski definition) is 11. The lowest BCUT2D eigenvalue weighted by atomic mass is 10.0. The lowest BCUT2D eigenvalue weighted by molar-refractivity contribution is -0.134. The number of aromatic amines is 1. The van der Waals surface area contributed by atoms with Crippen molar-refractivity contribution in [3.8, 4) is 11.5 Å². The molecular weight excluding hydrogens is 822 g/mol. The smallest absolute Gasteiger partial charge is 0.261 e. The van der Waals surface area contributed by atoms with Crippen molar-refractivity contribution in [2.75, 3.05) is 13.1 Å². The van der Waals surface area contributed by atoms with Gasteiger partial charge in [0, 0.05) is 29.9 Å². The van der Waals surface area contributed by atoms with Gasteiger partial charge < -0.3 is 47.5 Å². The van der Waals surface area contributed by atoms with Crippen molar-refractivity contribution in [2.45, 2.75) is 50.4 Å². The molecule has 0 saturated carbocycles. The molecule has 0 bridgehead atoms. The van der Waals surface area contributed by atoms with Crippen molar-refractivity contribution in [1.82, 2.24) is 42.4 Å². The van der Waals surface area contributed by atoms with E-state index in [0.29, 0.717) is 16.7 Å². The highest BCUT2D eigenvalue weighted by Crippen LogP contribution is 2.19. The molecule has 0 saturated heterocycles. The predicted molar refractivity (Wildman–Crippen MR) is 230 cm³/mol. The number of hydrazine groups is 1. The molecule has 12 N–H and O–H groups in total. The summed E-state index contributed by atoms with van der Waals surface area (Å²) in [6.45, 7) is 0.300. The zero-order valence-electron chi connectivity index (χ0n) is 33.5. The number of aromatic hydroxyl groups is 2. The molecule has 0 radical (unpaired) electrons. The Kier molecular flexibility index (Phi) is 17.4. The number of nitrogens with one attached hydrogen (secondary N) is 8. The van der Waals surface area contributed by atoms with Gasteiger partial charge in [0.2, 0.25) is 23.6 Å². The number of benzene rings is 4. The predicted octanol–water partition coefficient (Wildman–Crippen LogP) is 0.524. The van der Waals surface area contributed by atoms with Crippen LogP contribution in [0.1, 0.15) is 34.0 Å². The average Bonchev–Trinajstić information content (AvgIpc) is 3.66. The first kappa shape index (κ1) is 47.2. The standard InChI is InChI=1S/C43H47N9O9.ClH/c1-25(48-41(59)32(44)19-27-15-17-29(53)18-16-27)39(57)46-23-37(55)49-34(20-26-9-3-2-4-10-26)42(60)51-52-43(61)35(21-28-22-45-33-13-7-5-11-30(28)33)50-38(56)24-47-40(58)31-12-6-8-14-36(31)54;/h2-18,22,25,32,34-35,45,53-54H,19-21,23-24,44H2,1H3,(H,46,57)(H,47,58)(H,48,59)(H,49,55)(H,50,56)(H,51,60)(H,52,61);1H/t25-,32+,34+,35+;/m1./s1. The van der Waals surface area contributed by atoms with E-state index in [1.54, 1.807) is 54.7 Å². The molecule has 0 aliphatic heterocycles. The minimum absolute atomic E-state index is 0. The van der Waals surface area contributed by atoms with Gasteiger partial charge in [-0.1, -0.05) is 72.8 Å². The fourth-order valence-corrected chi connectivity index (χ4v) is 6.18. The van der Waals surface area contributed by atoms with Gasteiger partial charge in [-0.05, 0) is 60.4 Å². The molecule has 0 unspecified atom stereocenters. The van der Waals surface area contributed by atoms with E-state index >= 15 is 0 Å². The van der Waals surface area contributed by atoms with E-state index in [1.165, 1.54) is 37.3 Å². The average molecular weight is 870 g/mol. The molecule has 0 spiro atoms. The Morgan fingerprint density at radius 2 is 1.18 bits per heavy atom. The van der Waals surface area contributed by atoms with Crippen molar-refractivity contribution in [3.05, 3.63) is 132 Å². The van der Waals surface area contributed by atoms with Crippen LogP contribution in [0.25, 0.3) is 10.9 Å². The van der Waals surface area contributed by atoms with Crippen LogP contribution in [-0.4, -0.2) is 93.8 Å². The topological polar surface area (TPSA) is 286 Å². The summed E-state index contributed by atoms with van der Waals surface area (Å²) < 4.78 is 0. The van der Waals surface area contributed by atoms with E-state index < -0.39 is 78.6 Å². The molecular formula is C43H48ClN9O9. The number of phenolic OH excluding ortho intramolecular Hbond substituents is 2. The van der Waals surface area contributed by atoms with Crippen LogP contribution in [0.2, 0.25) is 0 Å². The number of rotatable bonds is 18. The molecule has 19 heteroatoms. The Labute approximate surface area is 362 Å². The fourth-order valence-electron chi connectivity index (χ4n) is 6.18. The van der Waals surface area contributed by atoms with Crippen LogP contribution in [0.5, 0.6) is 11.5 Å². The summed E-state index contributed by atoms with van der Waals surface area (Å²) in [5.41, 5.74) is 13.4. The first-order valence-corrected chi connectivity index (χ1v) is 19.2. The first-order chi connectivity index (χ1) is 29.3. The molecule has 4 atom stereocenters. The van der Waals surface area contributed by atoms with Gasteiger partial charge in [0.05, 0.1) is 24.7 Å². The second kappa shape index (κ2) is 22.8. The van der Waals surface area contributed by atoms with Crippen molar-refractivity contribution >= 4 is 64.7 Å². The molecule has 1 heterocycles. The van der Waals surface area contributed by atoms with Gasteiger partial charge in [0.1, 0.15) is 29.6 Å². The van der Waals surface area contributed by atoms with Gasteiger partial charge in [-0.3, -0.25) is 44.4 Å². The third kappa shape index (κ3) is 13.8. The molecule has 18 nitrogen and oxygen atoms in total. The van der Waals surface area contributed by atoms with E-state index in [0.717, 1.165) is 10.9 Å². The van der Waals surface area contributed by atoms with E-state index in [4.69, 9.17) is 5.73 Å². The van der Waals surface area contributed by atoms with Gasteiger partial charge in [0.15, 0.2) is 0 Å². The summed E-state index contributed by atoms with van der Waals surface area (Å²) in [6, 6.07) is 23.4. The number of fused-ring (bicyclic) bond motifs is 1. The number of hydrogen-bond acceptors (Lipinski definition) is 10. The SMILES string of the molecule is C[C@@H](NC(=O)[C@@H](N)Cc1ccc(O)cc1)C(=O)NCC(=O)N[C@@H](Cc1ccccc1)C(=O)NNC(=O)[C@H](Cc1c[nH]c2ccccc12)NC(=O)CNC(=O)c1ccccc1O.Cl. The van der Waals surface area contributed by atoms with Crippen LogP contribution in [0.15, 0.2) is 109 Å². The lowest BCUT2D eigenvalue weighted by Crippen LogP contribution is -2.58. The maximum atomic E-state index is 13.7. The normalized spacial score (nSPS) is 12.5. The molecule has 7 amide bonds. The highest BCUT2D eigenvalue weighted by molar-refractivity contribution is 5.99. The van der Waals surface area contributed by atoms with E-state index in [-0.39, 0.29) is 48.7 Å². The number of phenols is 2. The number of para-hydroxylation sites is 2. The number of carbonyl (C=O) groups is 7. The molecule has 1 aromatic heterocycles. The summed E-state index contributed by atoms with van der Waals surface area (Å²) in [7, 11) is 0. The Morgan fingerprint density at radius 1 is 0.613 bits per heavy atom. The molecule has 4 aromatic carbocycles. The minimum Gasteiger partial charge on any atom is -0.508 e. The van der Waals surface area contributed by atoms with Gasteiger partial charge in [-0.15, -0.1) is 12.4 Å². The van der Waals surface area contributed by atoms with Gasteiger partial charge in [-0.25, -0.2) is 0 Å². The maximum absolute atomic E-state index is 13.7. The van der Waals surface area contributed by atoms with Crippen molar-refractivity contribution in [1.29, 1.82) is 0 Å². The Hall–Kier alpha value is -7.44. The van der Waals surface area contributed by atoms with Crippen LogP contribution in [0.4, 0.5) is 0 Å². The van der Waals surface area contributed by atoms with Gasteiger partial charge in [-0.2, -0.15) is 0 Å². The van der Waals surface area contributed by atoms with Crippen LogP contribution in [-0.2, 0) is 48.0 Å². The summed E-state index contributed by atoms with van der Waals surface area (Å²) in [4.78, 5) is 94.6. The number of nitrogens with two attached hydrogens (primary N) is 1. The zero-order chi connectivity index (χ0) is 43.9. The zero-order valence-corrected chi connectivity index (χ0v) is 34.3. The molecule has 5 rings (SSSR count). The Balaban J connectivity index is 0.00000845. The van der Waals surface area contributed by atoms with E-state index in [9.17, 15) is 43.8 Å². The molecule has 5 aromatic rings. The van der Waals surface area contributed by atoms with Crippen LogP contribution < -0.4 is 43.2 Å². The Morgan fingerprint density at radius 3 is 1.84 bits per heavy atom. The largest absolute Gasteiger partial charge is 0.508 e. The minimum atomic E-state index is -1.27. The third-order valence-corrected chi connectivity index (χ3v) is 9.46. The number of amides is 7. The Bertz CT molecular complexity index is 2360. The van der Waals surface area contributed by atoms with Gasteiger partial charge in [0.25, 0.3) is 17.7 Å². The number of H-pyrrole nitrogens is 1. The second-order valence-corrected chi connectivity index (χ2v) is 14.1. The first-order valence-electron chi connectivity index (χ1n) is 19.2. The van der Waals surface area contributed by atoms with Gasteiger partial charge >= 0.3 is 0 Å². The van der Waals surface area contributed by atoms with E-state index in [2.05, 4.69) is 42.4 Å². The molecule has 0 fully saturated rings. The van der Waals surface area contributed by atoms with Crippen molar-refractivity contribution in [2.24, 2.45) is 5.73 Å². The number of carbonyl (C=O) groups excluding carboxylic acids is 7. The van der Waals surface area contributed by atoms with Crippen LogP contribution in [0.3, 0.4) is 0 Å². The summed E-state index contributed by atoms with van der Waals surface area (Å²) in [5, 5.41) is 32.7. The van der Waals surface area contributed by atoms with Crippen LogP contribution >= 0.6 is 12.4 Å². The fraction of sp³-hybridized carbons (Fsp3) is 0.233. The number of aromatic nitrogens is 1. The van der Waals surface area contributed by atoms with Crippen molar-refractivity contribution in [3.63, 3.8) is 0 Å². The van der Waals surface area contributed by atoms with Crippen LogP contribution in [0, 0.1) is 0 Å². The molecule has 326 valence electrons. The number of halogens is 1. The summed E-state index contributed by atoms with van der Waals surface area (Å²) in [5.74, 6) is -5.38. The lowest BCUT2D eigenvalue weighted by Gasteiger charge is -2.22. The highest BCUT2D eigenvalue weighted by atomic mass is 35.5. The summed E-state index contributed by atoms with van der Waals surface area (Å²) in [6.07, 6.45) is 1.79. The molecule has 62 heavy (non-hydrogen) atoms. The monoisotopic (exact) mass is 869 g/mol. The van der Waals surface area contributed by atoms with Crippen molar-refractivity contribution < 1.29 is 43.8 Å². The second-order valence-electron chi connectivity index (χ2n) is 14.1. The quantitative estimate of drug-likeness (QED) is 0.0543. The highest BCUT2D eigenvalue weighted by Gasteiger charge is 2.27. The summed E-state index contributed by atoms with van der Waals surface area (Å²) >= 11 is 0. The third-order valence-electron chi connectivity index (χ3n) is 9.46.